The van der Waals surface area contributed by atoms with Gasteiger partial charge < -0.3 is 9.84 Å². The van der Waals surface area contributed by atoms with Crippen LogP contribution >= 0.6 is 0 Å². The van der Waals surface area contributed by atoms with Gasteiger partial charge in [0.2, 0.25) is 0 Å². The molecule has 22 heavy (non-hydrogen) atoms. The Balaban J connectivity index is 2.16. The summed E-state index contributed by atoms with van der Waals surface area (Å²) in [5, 5.41) is 17.4. The molecule has 0 fully saturated rings. The summed E-state index contributed by atoms with van der Waals surface area (Å²) in [4.78, 5) is 3.96. The Bertz CT molecular complexity index is 789. The zero-order valence-electron chi connectivity index (χ0n) is 11.8. The van der Waals surface area contributed by atoms with Crippen LogP contribution in [0.15, 0.2) is 42.7 Å². The molecule has 0 unspecified atom stereocenters. The Kier molecular flexibility index (Phi) is 3.80. The third kappa shape index (κ3) is 2.42. The van der Waals surface area contributed by atoms with E-state index in [2.05, 4.69) is 15.3 Å². The van der Waals surface area contributed by atoms with E-state index in [-0.39, 0.29) is 12.4 Å². The quantitative estimate of drug-likeness (QED) is 0.797. The number of halogens is 1. The molecule has 1 aromatic carbocycles. The van der Waals surface area contributed by atoms with E-state index in [1.807, 2.05) is 0 Å². The van der Waals surface area contributed by atoms with E-state index in [0.717, 1.165) is 5.56 Å². The standard InChI is InChI=1S/C15H13FN4O2/c1-22-14-3-2-11(8-12(14)16)20-15(13(9-21)18-19-20)10-4-6-17-7-5-10/h2-8,21H,9H2,1H3. The van der Waals surface area contributed by atoms with Crippen LogP contribution in [0.4, 0.5) is 4.39 Å². The number of pyridine rings is 1. The van der Waals surface area contributed by atoms with Gasteiger partial charge in [-0.2, -0.15) is 0 Å². The van der Waals surface area contributed by atoms with Gasteiger partial charge in [0.1, 0.15) is 11.4 Å². The highest BCUT2D eigenvalue weighted by Crippen LogP contribution is 2.27. The van der Waals surface area contributed by atoms with E-state index in [9.17, 15) is 9.50 Å². The summed E-state index contributed by atoms with van der Waals surface area (Å²) in [6.45, 7) is -0.268. The Labute approximate surface area is 125 Å². The van der Waals surface area contributed by atoms with Crippen molar-refractivity contribution in [3.63, 3.8) is 0 Å². The lowest BCUT2D eigenvalue weighted by Crippen LogP contribution is -2.01. The van der Waals surface area contributed by atoms with E-state index in [1.165, 1.54) is 23.9 Å². The predicted molar refractivity (Wildman–Crippen MR) is 77.0 cm³/mol. The number of benzene rings is 1. The second kappa shape index (κ2) is 5.90. The van der Waals surface area contributed by atoms with Crippen LogP contribution in [0.1, 0.15) is 5.69 Å². The van der Waals surface area contributed by atoms with Crippen LogP contribution in [0, 0.1) is 5.82 Å². The summed E-state index contributed by atoms with van der Waals surface area (Å²) in [6, 6.07) is 8.03. The molecule has 112 valence electrons. The molecule has 0 saturated heterocycles. The number of ether oxygens (including phenoxy) is 1. The molecule has 7 heteroatoms. The number of aliphatic hydroxyl groups is 1. The highest BCUT2D eigenvalue weighted by molar-refractivity contribution is 5.63. The van der Waals surface area contributed by atoms with Crippen LogP contribution in [-0.4, -0.2) is 32.2 Å². The molecule has 3 rings (SSSR count). The predicted octanol–water partition coefficient (Wildman–Crippen LogP) is 1.97. The van der Waals surface area contributed by atoms with Gasteiger partial charge in [0.25, 0.3) is 0 Å². The summed E-state index contributed by atoms with van der Waals surface area (Å²) in [5.41, 5.74) is 2.26. The number of hydrogen-bond acceptors (Lipinski definition) is 5. The number of rotatable bonds is 4. The van der Waals surface area contributed by atoms with Crippen molar-refractivity contribution < 1.29 is 14.2 Å². The Hall–Kier alpha value is -2.80. The molecule has 2 aromatic heterocycles. The van der Waals surface area contributed by atoms with Crippen LogP contribution < -0.4 is 4.74 Å². The Morgan fingerprint density at radius 2 is 2.00 bits per heavy atom. The summed E-state index contributed by atoms with van der Waals surface area (Å²) in [7, 11) is 1.40. The SMILES string of the molecule is COc1ccc(-n2nnc(CO)c2-c2ccncc2)cc1F. The van der Waals surface area contributed by atoms with Crippen LogP contribution in [-0.2, 0) is 6.61 Å². The van der Waals surface area contributed by atoms with Gasteiger partial charge in [-0.3, -0.25) is 4.98 Å². The summed E-state index contributed by atoms with van der Waals surface area (Å²) in [6.07, 6.45) is 3.25. The molecule has 0 atom stereocenters. The third-order valence-corrected chi connectivity index (χ3v) is 3.22. The van der Waals surface area contributed by atoms with Gasteiger partial charge in [-0.1, -0.05) is 5.21 Å². The van der Waals surface area contributed by atoms with E-state index < -0.39 is 5.82 Å². The lowest BCUT2D eigenvalue weighted by atomic mass is 10.1. The van der Waals surface area contributed by atoms with Crippen molar-refractivity contribution in [1.82, 2.24) is 20.0 Å². The molecular formula is C15H13FN4O2. The third-order valence-electron chi connectivity index (χ3n) is 3.22. The molecular weight excluding hydrogens is 287 g/mol. The maximum absolute atomic E-state index is 13.9. The van der Waals surface area contributed by atoms with E-state index >= 15 is 0 Å². The monoisotopic (exact) mass is 300 g/mol. The maximum atomic E-state index is 13.9. The van der Waals surface area contributed by atoms with Gasteiger partial charge in [-0.05, 0) is 24.3 Å². The molecule has 0 aliphatic heterocycles. The lowest BCUT2D eigenvalue weighted by molar-refractivity contribution is 0.277. The molecule has 0 amide bonds. The molecule has 0 aliphatic rings. The highest BCUT2D eigenvalue weighted by Gasteiger charge is 2.16. The number of hydrogen-bond donors (Lipinski definition) is 1. The van der Waals surface area contributed by atoms with E-state index in [0.29, 0.717) is 17.1 Å². The maximum Gasteiger partial charge on any atom is 0.167 e. The first-order chi connectivity index (χ1) is 10.7. The largest absolute Gasteiger partial charge is 0.494 e. The fourth-order valence-electron chi connectivity index (χ4n) is 2.19. The molecule has 0 spiro atoms. The van der Waals surface area contributed by atoms with Gasteiger partial charge in [0.15, 0.2) is 11.6 Å². The van der Waals surface area contributed by atoms with Crippen molar-refractivity contribution in [1.29, 1.82) is 0 Å². The molecule has 0 aliphatic carbocycles. The van der Waals surface area contributed by atoms with Crippen molar-refractivity contribution in [2.75, 3.05) is 7.11 Å². The van der Waals surface area contributed by atoms with Gasteiger partial charge in [-0.15, -0.1) is 5.10 Å². The first kappa shape index (κ1) is 14.2. The van der Waals surface area contributed by atoms with Gasteiger partial charge in [0, 0.05) is 24.0 Å². The first-order valence-electron chi connectivity index (χ1n) is 6.54. The molecule has 2 heterocycles. The number of nitrogens with zero attached hydrogens (tertiary/aromatic N) is 4. The molecule has 1 N–H and O–H groups in total. The van der Waals surface area contributed by atoms with Gasteiger partial charge in [-0.25, -0.2) is 9.07 Å². The van der Waals surface area contributed by atoms with E-state index in [4.69, 9.17) is 4.74 Å². The average Bonchev–Trinajstić information content (AvgIpc) is 2.99. The summed E-state index contributed by atoms with van der Waals surface area (Å²) >= 11 is 0. The second-order valence-electron chi connectivity index (χ2n) is 4.51. The normalized spacial score (nSPS) is 10.7. The van der Waals surface area contributed by atoms with Crippen LogP contribution in [0.25, 0.3) is 16.9 Å². The second-order valence-corrected chi connectivity index (χ2v) is 4.51. The van der Waals surface area contributed by atoms with Crippen LogP contribution in [0.3, 0.4) is 0 Å². The topological polar surface area (TPSA) is 73.1 Å². The van der Waals surface area contributed by atoms with Crippen molar-refractivity contribution >= 4 is 0 Å². The number of aromatic nitrogens is 4. The molecule has 3 aromatic rings. The minimum atomic E-state index is -0.498. The average molecular weight is 300 g/mol. The minimum absolute atomic E-state index is 0.150. The molecule has 0 saturated carbocycles. The Morgan fingerprint density at radius 1 is 1.23 bits per heavy atom. The van der Waals surface area contributed by atoms with Crippen molar-refractivity contribution in [2.45, 2.75) is 6.61 Å². The van der Waals surface area contributed by atoms with Crippen molar-refractivity contribution in [2.24, 2.45) is 0 Å². The van der Waals surface area contributed by atoms with Crippen LogP contribution in [0.5, 0.6) is 5.75 Å². The van der Waals surface area contributed by atoms with Crippen molar-refractivity contribution in [3.05, 3.63) is 54.2 Å². The summed E-state index contributed by atoms with van der Waals surface area (Å²) < 4.78 is 20.3. The van der Waals surface area contributed by atoms with Crippen molar-refractivity contribution in [3.8, 4) is 22.7 Å². The molecule has 0 radical (unpaired) electrons. The molecule has 0 bridgehead atoms. The molecule has 6 nitrogen and oxygen atoms in total. The first-order valence-corrected chi connectivity index (χ1v) is 6.54. The Morgan fingerprint density at radius 3 is 2.64 bits per heavy atom. The zero-order chi connectivity index (χ0) is 15.5. The highest BCUT2D eigenvalue weighted by atomic mass is 19.1. The fraction of sp³-hybridized carbons (Fsp3) is 0.133. The smallest absolute Gasteiger partial charge is 0.167 e. The van der Waals surface area contributed by atoms with Crippen LogP contribution in [0.2, 0.25) is 0 Å². The number of methoxy groups -OCH3 is 1. The minimum Gasteiger partial charge on any atom is -0.494 e. The fourth-order valence-corrected chi connectivity index (χ4v) is 2.19. The van der Waals surface area contributed by atoms with Gasteiger partial charge in [0.05, 0.1) is 19.4 Å². The van der Waals surface area contributed by atoms with E-state index in [1.54, 1.807) is 30.6 Å². The lowest BCUT2D eigenvalue weighted by Gasteiger charge is -2.09. The number of aliphatic hydroxyl groups excluding tert-OH is 1. The zero-order valence-corrected chi connectivity index (χ0v) is 11.8. The van der Waals surface area contributed by atoms with Gasteiger partial charge >= 0.3 is 0 Å². The summed E-state index contributed by atoms with van der Waals surface area (Å²) in [5.74, 6) is -0.349.